The summed E-state index contributed by atoms with van der Waals surface area (Å²) in [5.74, 6) is 0.256. The predicted molar refractivity (Wildman–Crippen MR) is 82.8 cm³/mol. The largest absolute Gasteiger partial charge is 0.444 e. The number of rotatable bonds is 1. The molecule has 0 saturated carbocycles. The van der Waals surface area contributed by atoms with Gasteiger partial charge in [0.25, 0.3) is 0 Å². The van der Waals surface area contributed by atoms with Gasteiger partial charge in [-0.3, -0.25) is 0 Å². The summed E-state index contributed by atoms with van der Waals surface area (Å²) in [5.41, 5.74) is 1.48. The van der Waals surface area contributed by atoms with Crippen molar-refractivity contribution in [2.24, 2.45) is 0 Å². The van der Waals surface area contributed by atoms with Crippen molar-refractivity contribution in [3.63, 3.8) is 0 Å². The van der Waals surface area contributed by atoms with Crippen LogP contribution in [0.4, 0.5) is 4.79 Å². The average Bonchev–Trinajstić information content (AvgIpc) is 2.94. The van der Waals surface area contributed by atoms with Gasteiger partial charge in [-0.05, 0) is 39.7 Å². The minimum atomic E-state index is -0.462. The van der Waals surface area contributed by atoms with Gasteiger partial charge in [-0.2, -0.15) is 5.10 Å². The van der Waals surface area contributed by atoms with E-state index in [9.17, 15) is 4.79 Å². The molecule has 6 heteroatoms. The number of likely N-dealkylation sites (tertiary alicyclic amines) is 1. The van der Waals surface area contributed by atoms with E-state index in [1.807, 2.05) is 37.4 Å². The Balaban J connectivity index is 1.78. The molecule has 3 heterocycles. The zero-order valence-corrected chi connectivity index (χ0v) is 13.3. The highest BCUT2D eigenvalue weighted by Gasteiger charge is 2.29. The maximum absolute atomic E-state index is 12.3. The average molecular weight is 302 g/mol. The molecule has 1 aliphatic rings. The molecule has 1 fully saturated rings. The Labute approximate surface area is 130 Å². The Morgan fingerprint density at radius 2 is 2.14 bits per heavy atom. The van der Waals surface area contributed by atoms with Gasteiger partial charge in [-0.1, -0.05) is 0 Å². The molecular formula is C16H22N4O2. The molecule has 1 aliphatic heterocycles. The quantitative estimate of drug-likeness (QED) is 0.812. The lowest BCUT2D eigenvalue weighted by molar-refractivity contribution is 0.0196. The van der Waals surface area contributed by atoms with E-state index in [-0.39, 0.29) is 12.0 Å². The van der Waals surface area contributed by atoms with Gasteiger partial charge >= 0.3 is 6.09 Å². The Morgan fingerprint density at radius 3 is 2.91 bits per heavy atom. The van der Waals surface area contributed by atoms with Crippen LogP contribution in [0.2, 0.25) is 0 Å². The summed E-state index contributed by atoms with van der Waals surface area (Å²) in [5, 5.41) is 4.34. The van der Waals surface area contributed by atoms with Crippen LogP contribution in [0.25, 0.3) is 5.65 Å². The highest BCUT2D eigenvalue weighted by atomic mass is 16.6. The fourth-order valence-corrected chi connectivity index (χ4v) is 2.87. The van der Waals surface area contributed by atoms with Crippen LogP contribution >= 0.6 is 0 Å². The number of hydrogen-bond acceptors (Lipinski definition) is 4. The van der Waals surface area contributed by atoms with E-state index in [2.05, 4.69) is 10.1 Å². The SMILES string of the molecule is CC(C)(C)OC(=O)N1CCCC(c2ccnc3ccnn23)C1. The molecule has 118 valence electrons. The number of piperidine rings is 1. The summed E-state index contributed by atoms with van der Waals surface area (Å²) in [7, 11) is 0. The van der Waals surface area contributed by atoms with Gasteiger partial charge in [0.1, 0.15) is 5.60 Å². The predicted octanol–water partition coefficient (Wildman–Crippen LogP) is 2.84. The zero-order chi connectivity index (χ0) is 15.7. The number of aromatic nitrogens is 3. The van der Waals surface area contributed by atoms with Gasteiger partial charge in [-0.25, -0.2) is 14.3 Å². The highest BCUT2D eigenvalue weighted by molar-refractivity contribution is 5.68. The third-order valence-electron chi connectivity index (χ3n) is 3.81. The van der Waals surface area contributed by atoms with Crippen LogP contribution in [0.15, 0.2) is 24.5 Å². The van der Waals surface area contributed by atoms with Crippen molar-refractivity contribution in [3.8, 4) is 0 Å². The van der Waals surface area contributed by atoms with Crippen molar-refractivity contribution in [3.05, 3.63) is 30.2 Å². The van der Waals surface area contributed by atoms with Crippen molar-refractivity contribution in [1.82, 2.24) is 19.5 Å². The third kappa shape index (κ3) is 3.05. The molecule has 0 aromatic carbocycles. The number of fused-ring (bicyclic) bond motifs is 1. The molecule has 6 nitrogen and oxygen atoms in total. The van der Waals surface area contributed by atoms with Crippen LogP contribution in [0, 0.1) is 0 Å². The maximum atomic E-state index is 12.3. The second-order valence-corrected chi connectivity index (χ2v) is 6.74. The summed E-state index contributed by atoms with van der Waals surface area (Å²) in [4.78, 5) is 18.4. The first-order valence-electron chi connectivity index (χ1n) is 7.70. The molecule has 2 aromatic heterocycles. The normalized spacial score (nSPS) is 19.4. The smallest absolute Gasteiger partial charge is 0.410 e. The van der Waals surface area contributed by atoms with Crippen LogP contribution in [0.5, 0.6) is 0 Å². The van der Waals surface area contributed by atoms with Gasteiger partial charge in [0.2, 0.25) is 0 Å². The molecule has 2 aromatic rings. The molecule has 0 aliphatic carbocycles. The van der Waals surface area contributed by atoms with Gasteiger partial charge < -0.3 is 9.64 Å². The second-order valence-electron chi connectivity index (χ2n) is 6.74. The highest BCUT2D eigenvalue weighted by Crippen LogP contribution is 2.27. The number of amides is 1. The first-order chi connectivity index (χ1) is 10.4. The van der Waals surface area contributed by atoms with Gasteiger partial charge in [0.05, 0.1) is 11.9 Å². The minimum absolute atomic E-state index is 0.233. The maximum Gasteiger partial charge on any atom is 0.410 e. The molecule has 0 radical (unpaired) electrons. The van der Waals surface area contributed by atoms with Crippen molar-refractivity contribution in [2.45, 2.75) is 45.1 Å². The van der Waals surface area contributed by atoms with Crippen LogP contribution < -0.4 is 0 Å². The topological polar surface area (TPSA) is 59.7 Å². The number of ether oxygens (including phenoxy) is 1. The molecular weight excluding hydrogens is 280 g/mol. The van der Waals surface area contributed by atoms with E-state index in [1.54, 1.807) is 17.3 Å². The fraction of sp³-hybridized carbons (Fsp3) is 0.562. The van der Waals surface area contributed by atoms with Crippen LogP contribution in [-0.4, -0.2) is 44.3 Å². The molecule has 0 N–H and O–H groups in total. The van der Waals surface area contributed by atoms with Crippen LogP contribution in [-0.2, 0) is 4.74 Å². The van der Waals surface area contributed by atoms with Gasteiger partial charge in [-0.15, -0.1) is 0 Å². The third-order valence-corrected chi connectivity index (χ3v) is 3.81. The Morgan fingerprint density at radius 1 is 1.32 bits per heavy atom. The van der Waals surface area contributed by atoms with Gasteiger partial charge in [0, 0.05) is 31.3 Å². The lowest BCUT2D eigenvalue weighted by atomic mass is 9.95. The number of hydrogen-bond donors (Lipinski definition) is 0. The second kappa shape index (κ2) is 5.59. The van der Waals surface area contributed by atoms with Gasteiger partial charge in [0.15, 0.2) is 5.65 Å². The van der Waals surface area contributed by atoms with E-state index in [1.165, 1.54) is 0 Å². The molecule has 22 heavy (non-hydrogen) atoms. The van der Waals surface area contributed by atoms with Crippen molar-refractivity contribution in [1.29, 1.82) is 0 Å². The molecule has 3 rings (SSSR count). The Hall–Kier alpha value is -2.11. The summed E-state index contributed by atoms with van der Waals surface area (Å²) in [6, 6.07) is 3.88. The summed E-state index contributed by atoms with van der Waals surface area (Å²) < 4.78 is 7.35. The number of nitrogens with zero attached hydrogens (tertiary/aromatic N) is 4. The number of carbonyl (C=O) groups excluding carboxylic acids is 1. The Kier molecular flexibility index (Phi) is 3.76. The van der Waals surface area contributed by atoms with Crippen LogP contribution in [0.3, 0.4) is 0 Å². The first kappa shape index (κ1) is 14.8. The van der Waals surface area contributed by atoms with Crippen LogP contribution in [0.1, 0.15) is 45.2 Å². The molecule has 1 amide bonds. The minimum Gasteiger partial charge on any atom is -0.444 e. The molecule has 1 unspecified atom stereocenters. The lowest BCUT2D eigenvalue weighted by Crippen LogP contribution is -2.42. The monoisotopic (exact) mass is 302 g/mol. The van der Waals surface area contributed by atoms with Crippen molar-refractivity contribution >= 4 is 11.7 Å². The molecule has 0 bridgehead atoms. The van der Waals surface area contributed by atoms with E-state index in [0.717, 1.165) is 30.7 Å². The standard InChI is InChI=1S/C16H22N4O2/c1-16(2,3)22-15(21)19-10-4-5-12(11-19)13-6-8-17-14-7-9-18-20(13)14/h6-9,12H,4-5,10-11H2,1-3H3. The summed E-state index contributed by atoms with van der Waals surface area (Å²) >= 11 is 0. The first-order valence-corrected chi connectivity index (χ1v) is 7.70. The Bertz CT molecular complexity index is 674. The fourth-order valence-electron chi connectivity index (χ4n) is 2.87. The molecule has 1 saturated heterocycles. The number of carbonyl (C=O) groups is 1. The molecule has 1 atom stereocenters. The van der Waals surface area contributed by atoms with E-state index >= 15 is 0 Å². The summed E-state index contributed by atoms with van der Waals surface area (Å²) in [6.07, 6.45) is 5.33. The zero-order valence-electron chi connectivity index (χ0n) is 13.3. The van der Waals surface area contributed by atoms with Crippen molar-refractivity contribution < 1.29 is 9.53 Å². The summed E-state index contributed by atoms with van der Waals surface area (Å²) in [6.45, 7) is 7.08. The van der Waals surface area contributed by atoms with E-state index in [4.69, 9.17) is 4.74 Å². The lowest BCUT2D eigenvalue weighted by Gasteiger charge is -2.34. The van der Waals surface area contributed by atoms with Crippen molar-refractivity contribution in [2.75, 3.05) is 13.1 Å². The van der Waals surface area contributed by atoms with E-state index in [0.29, 0.717) is 6.54 Å². The van der Waals surface area contributed by atoms with E-state index < -0.39 is 5.60 Å². The molecule has 0 spiro atoms.